The van der Waals surface area contributed by atoms with Gasteiger partial charge in [-0.3, -0.25) is 0 Å². The summed E-state index contributed by atoms with van der Waals surface area (Å²) in [6.07, 6.45) is 5.01. The second-order valence-corrected chi connectivity index (χ2v) is 4.26. The molecule has 0 bridgehead atoms. The molecule has 1 aromatic carbocycles. The zero-order valence-electron chi connectivity index (χ0n) is 9.17. The Balaban J connectivity index is 2.67. The maximum Gasteiger partial charge on any atom is 0.0409 e. The minimum absolute atomic E-state index is 0.0867. The van der Waals surface area contributed by atoms with Crippen LogP contribution in [0.15, 0.2) is 30.9 Å². The Hall–Kier alpha value is -0.790. The predicted molar refractivity (Wildman–Crippen MR) is 67.2 cm³/mol. The van der Waals surface area contributed by atoms with E-state index in [1.807, 2.05) is 24.3 Å². The van der Waals surface area contributed by atoms with Crippen molar-refractivity contribution < 1.29 is 0 Å². The Bertz CT molecular complexity index is 333. The van der Waals surface area contributed by atoms with E-state index in [9.17, 15) is 0 Å². The van der Waals surface area contributed by atoms with Crippen LogP contribution < -0.4 is 5.73 Å². The van der Waals surface area contributed by atoms with Gasteiger partial charge in [0.2, 0.25) is 0 Å². The molecule has 0 saturated heterocycles. The smallest absolute Gasteiger partial charge is 0.0409 e. The van der Waals surface area contributed by atoms with Gasteiger partial charge in [-0.05, 0) is 49.4 Å². The monoisotopic (exact) mass is 223 g/mol. The molecule has 15 heavy (non-hydrogen) atoms. The predicted octanol–water partition coefficient (Wildman–Crippen LogP) is 4.00. The molecule has 82 valence electrons. The van der Waals surface area contributed by atoms with E-state index in [2.05, 4.69) is 13.5 Å². The van der Waals surface area contributed by atoms with Crippen LogP contribution in [0.2, 0.25) is 5.02 Å². The van der Waals surface area contributed by atoms with E-state index < -0.39 is 0 Å². The van der Waals surface area contributed by atoms with E-state index >= 15 is 0 Å². The third-order valence-corrected chi connectivity index (χ3v) is 2.80. The van der Waals surface area contributed by atoms with Gasteiger partial charge in [-0.25, -0.2) is 0 Å². The fourth-order valence-electron chi connectivity index (χ4n) is 1.65. The molecule has 1 aromatic rings. The lowest BCUT2D eigenvalue weighted by atomic mass is 9.98. The van der Waals surface area contributed by atoms with Gasteiger partial charge in [0, 0.05) is 11.1 Å². The second-order valence-electron chi connectivity index (χ2n) is 3.83. The molecule has 2 N–H and O–H groups in total. The summed E-state index contributed by atoms with van der Waals surface area (Å²) in [5, 5.41) is 0.759. The highest BCUT2D eigenvalue weighted by atomic mass is 35.5. The minimum Gasteiger partial charge on any atom is -0.324 e. The Morgan fingerprint density at radius 2 is 2.27 bits per heavy atom. The number of hydrogen-bond acceptors (Lipinski definition) is 1. The van der Waals surface area contributed by atoms with Gasteiger partial charge in [0.15, 0.2) is 0 Å². The molecule has 0 saturated carbocycles. The van der Waals surface area contributed by atoms with Crippen molar-refractivity contribution in [3.63, 3.8) is 0 Å². The molecule has 1 unspecified atom stereocenters. The van der Waals surface area contributed by atoms with Crippen molar-refractivity contribution >= 4 is 11.6 Å². The van der Waals surface area contributed by atoms with Crippen molar-refractivity contribution in [3.8, 4) is 0 Å². The Morgan fingerprint density at radius 1 is 1.53 bits per heavy atom. The number of nitrogens with two attached hydrogens (primary N) is 1. The quantitative estimate of drug-likeness (QED) is 0.593. The molecule has 0 spiro atoms. The molecule has 1 nitrogen and oxygen atoms in total. The van der Waals surface area contributed by atoms with E-state index in [4.69, 9.17) is 17.3 Å². The molecule has 1 rings (SSSR count). The minimum atomic E-state index is 0.0867. The normalized spacial score (nSPS) is 12.5. The number of benzene rings is 1. The Morgan fingerprint density at radius 3 is 2.93 bits per heavy atom. The first kappa shape index (κ1) is 12.3. The number of halogens is 1. The van der Waals surface area contributed by atoms with Crippen LogP contribution in [0.4, 0.5) is 0 Å². The summed E-state index contributed by atoms with van der Waals surface area (Å²) in [5.41, 5.74) is 8.48. The Labute approximate surface area is 96.9 Å². The fraction of sp³-hybridized carbons (Fsp3) is 0.385. The third-order valence-electron chi connectivity index (χ3n) is 2.56. The highest BCUT2D eigenvalue weighted by molar-refractivity contribution is 6.30. The van der Waals surface area contributed by atoms with Gasteiger partial charge < -0.3 is 5.73 Å². The third kappa shape index (κ3) is 3.69. The highest BCUT2D eigenvalue weighted by Crippen LogP contribution is 2.23. The second kappa shape index (κ2) is 5.94. The largest absolute Gasteiger partial charge is 0.324 e. The molecule has 0 radical (unpaired) electrons. The van der Waals surface area contributed by atoms with Gasteiger partial charge in [-0.1, -0.05) is 23.7 Å². The van der Waals surface area contributed by atoms with Crippen LogP contribution >= 0.6 is 11.6 Å². The molecule has 0 aliphatic rings. The average molecular weight is 224 g/mol. The summed E-state index contributed by atoms with van der Waals surface area (Å²) >= 11 is 5.95. The van der Waals surface area contributed by atoms with E-state index in [-0.39, 0.29) is 6.04 Å². The van der Waals surface area contributed by atoms with Crippen molar-refractivity contribution in [1.82, 2.24) is 0 Å². The molecule has 1 atom stereocenters. The summed E-state index contributed by atoms with van der Waals surface area (Å²) in [7, 11) is 0. The first-order chi connectivity index (χ1) is 7.15. The average Bonchev–Trinajstić information content (AvgIpc) is 2.22. The molecule has 0 aliphatic carbocycles. The molecule has 0 amide bonds. The molecule has 0 fully saturated rings. The Kier molecular flexibility index (Phi) is 4.86. The molecule has 0 heterocycles. The van der Waals surface area contributed by atoms with Crippen LogP contribution in [0.25, 0.3) is 0 Å². The van der Waals surface area contributed by atoms with Crippen molar-refractivity contribution in [2.75, 3.05) is 0 Å². The number of allylic oxidation sites excluding steroid dienone is 1. The van der Waals surface area contributed by atoms with Gasteiger partial charge >= 0.3 is 0 Å². The van der Waals surface area contributed by atoms with Crippen LogP contribution in [-0.2, 0) is 0 Å². The van der Waals surface area contributed by atoms with E-state index in [0.717, 1.165) is 29.8 Å². The first-order valence-electron chi connectivity index (χ1n) is 5.27. The van der Waals surface area contributed by atoms with Crippen LogP contribution in [0.3, 0.4) is 0 Å². The lowest BCUT2D eigenvalue weighted by Gasteiger charge is -2.14. The zero-order chi connectivity index (χ0) is 11.3. The van der Waals surface area contributed by atoms with Gasteiger partial charge in [-0.15, -0.1) is 6.58 Å². The van der Waals surface area contributed by atoms with Crippen molar-refractivity contribution in [2.45, 2.75) is 32.2 Å². The summed E-state index contributed by atoms with van der Waals surface area (Å²) in [6, 6.07) is 5.97. The molecule has 0 aliphatic heterocycles. The topological polar surface area (TPSA) is 26.0 Å². The summed E-state index contributed by atoms with van der Waals surface area (Å²) in [4.78, 5) is 0. The van der Waals surface area contributed by atoms with Crippen LogP contribution in [0.5, 0.6) is 0 Å². The summed E-state index contributed by atoms with van der Waals surface area (Å²) in [5.74, 6) is 0. The molecule has 0 aromatic heterocycles. The first-order valence-corrected chi connectivity index (χ1v) is 5.65. The maximum atomic E-state index is 6.11. The van der Waals surface area contributed by atoms with E-state index in [0.29, 0.717) is 0 Å². The van der Waals surface area contributed by atoms with Gasteiger partial charge in [0.1, 0.15) is 0 Å². The molecular weight excluding hydrogens is 206 g/mol. The summed E-state index contributed by atoms with van der Waals surface area (Å²) < 4.78 is 0. The van der Waals surface area contributed by atoms with Gasteiger partial charge in [-0.2, -0.15) is 0 Å². The zero-order valence-corrected chi connectivity index (χ0v) is 9.93. The standard InChI is InChI=1S/C13H18ClN/c1-3-4-5-6-13(15)12-9-11(14)8-7-10(12)2/h3,7-9,13H,1,4-6,15H2,2H3. The van der Waals surface area contributed by atoms with Crippen molar-refractivity contribution in [1.29, 1.82) is 0 Å². The highest BCUT2D eigenvalue weighted by Gasteiger charge is 2.08. The van der Waals surface area contributed by atoms with E-state index in [1.54, 1.807) is 0 Å². The van der Waals surface area contributed by atoms with Crippen LogP contribution in [0, 0.1) is 6.92 Å². The SMILES string of the molecule is C=CCCCC(N)c1cc(Cl)ccc1C. The fourth-order valence-corrected chi connectivity index (χ4v) is 1.83. The lowest BCUT2D eigenvalue weighted by molar-refractivity contribution is 0.614. The van der Waals surface area contributed by atoms with E-state index in [1.165, 1.54) is 5.56 Å². The van der Waals surface area contributed by atoms with Gasteiger partial charge in [0.05, 0.1) is 0 Å². The summed E-state index contributed by atoms with van der Waals surface area (Å²) in [6.45, 7) is 5.77. The van der Waals surface area contributed by atoms with Crippen LogP contribution in [0.1, 0.15) is 36.4 Å². The number of rotatable bonds is 5. The maximum absolute atomic E-state index is 6.11. The van der Waals surface area contributed by atoms with Crippen molar-refractivity contribution in [2.24, 2.45) is 5.73 Å². The van der Waals surface area contributed by atoms with Crippen LogP contribution in [-0.4, -0.2) is 0 Å². The van der Waals surface area contributed by atoms with Crippen molar-refractivity contribution in [3.05, 3.63) is 47.0 Å². The number of unbranched alkanes of at least 4 members (excludes halogenated alkanes) is 1. The number of aryl methyl sites for hydroxylation is 1. The van der Waals surface area contributed by atoms with Gasteiger partial charge in [0.25, 0.3) is 0 Å². The lowest BCUT2D eigenvalue weighted by Crippen LogP contribution is -2.11. The molecule has 2 heteroatoms. The molecular formula is C13H18ClN. The number of hydrogen-bond donors (Lipinski definition) is 1.